The molecule has 1 fully saturated rings. The van der Waals surface area contributed by atoms with Crippen molar-refractivity contribution in [2.75, 3.05) is 13.1 Å². The average molecular weight is 235 g/mol. The standard InChI is InChI=1S/C13H21N3O/c1-11(2)9-15-8-4-5-12(15)10-16-13(17)6-3-7-14-16/h3,6-7,11-12H,4-5,8-10H2,1-2H3. The van der Waals surface area contributed by atoms with Crippen molar-refractivity contribution in [2.24, 2.45) is 5.92 Å². The number of nitrogens with zero attached hydrogens (tertiary/aromatic N) is 3. The molecule has 0 amide bonds. The lowest BCUT2D eigenvalue weighted by molar-refractivity contribution is 0.202. The van der Waals surface area contributed by atoms with Crippen molar-refractivity contribution in [2.45, 2.75) is 39.3 Å². The molecule has 1 saturated heterocycles. The van der Waals surface area contributed by atoms with Gasteiger partial charge < -0.3 is 0 Å². The Morgan fingerprint density at radius 2 is 2.35 bits per heavy atom. The van der Waals surface area contributed by atoms with Crippen molar-refractivity contribution in [3.63, 3.8) is 0 Å². The van der Waals surface area contributed by atoms with Crippen molar-refractivity contribution < 1.29 is 0 Å². The molecule has 0 aromatic carbocycles. The molecule has 94 valence electrons. The summed E-state index contributed by atoms with van der Waals surface area (Å²) in [6, 6.07) is 3.75. The minimum Gasteiger partial charge on any atom is -0.298 e. The van der Waals surface area contributed by atoms with Gasteiger partial charge in [-0.2, -0.15) is 5.10 Å². The molecule has 17 heavy (non-hydrogen) atoms. The van der Waals surface area contributed by atoms with Gasteiger partial charge in [-0.1, -0.05) is 13.8 Å². The molecule has 1 aliphatic rings. The first-order chi connectivity index (χ1) is 8.16. The smallest absolute Gasteiger partial charge is 0.266 e. The molecule has 1 unspecified atom stereocenters. The predicted octanol–water partition coefficient (Wildman–Crippen LogP) is 1.36. The summed E-state index contributed by atoms with van der Waals surface area (Å²) in [5.41, 5.74) is 0.00361. The molecule has 1 aromatic heterocycles. The van der Waals surface area contributed by atoms with Crippen molar-refractivity contribution in [3.05, 3.63) is 28.7 Å². The van der Waals surface area contributed by atoms with Crippen LogP contribution in [0.3, 0.4) is 0 Å². The van der Waals surface area contributed by atoms with E-state index in [0.717, 1.165) is 19.6 Å². The van der Waals surface area contributed by atoms with E-state index in [-0.39, 0.29) is 5.56 Å². The van der Waals surface area contributed by atoms with Crippen molar-refractivity contribution in [1.29, 1.82) is 0 Å². The Kier molecular flexibility index (Phi) is 3.94. The number of likely N-dealkylation sites (tertiary alicyclic amines) is 1. The second-order valence-electron chi connectivity index (χ2n) is 5.23. The lowest BCUT2D eigenvalue weighted by Crippen LogP contribution is -2.38. The van der Waals surface area contributed by atoms with E-state index in [4.69, 9.17) is 0 Å². The first-order valence-corrected chi connectivity index (χ1v) is 6.43. The van der Waals surface area contributed by atoms with Crippen molar-refractivity contribution >= 4 is 0 Å². The molecule has 0 saturated carbocycles. The number of hydrogen-bond donors (Lipinski definition) is 0. The number of hydrogen-bond acceptors (Lipinski definition) is 3. The molecule has 0 N–H and O–H groups in total. The zero-order valence-electron chi connectivity index (χ0n) is 10.7. The minimum absolute atomic E-state index is 0.00361. The van der Waals surface area contributed by atoms with E-state index < -0.39 is 0 Å². The van der Waals surface area contributed by atoms with Crippen LogP contribution >= 0.6 is 0 Å². The summed E-state index contributed by atoms with van der Waals surface area (Å²) in [7, 11) is 0. The molecule has 0 aliphatic carbocycles. The summed E-state index contributed by atoms with van der Waals surface area (Å²) in [5.74, 6) is 0.677. The second kappa shape index (κ2) is 5.45. The lowest BCUT2D eigenvalue weighted by Gasteiger charge is -2.26. The monoisotopic (exact) mass is 235 g/mol. The van der Waals surface area contributed by atoms with Gasteiger partial charge in [0.25, 0.3) is 5.56 Å². The normalized spacial score (nSPS) is 21.2. The molecule has 1 aromatic rings. The molecular formula is C13H21N3O. The molecule has 0 bridgehead atoms. The molecule has 2 rings (SSSR count). The molecule has 4 nitrogen and oxygen atoms in total. The highest BCUT2D eigenvalue weighted by Crippen LogP contribution is 2.19. The predicted molar refractivity (Wildman–Crippen MR) is 67.9 cm³/mol. The minimum atomic E-state index is 0.00361. The highest BCUT2D eigenvalue weighted by atomic mass is 16.1. The van der Waals surface area contributed by atoms with Gasteiger partial charge in [0.2, 0.25) is 0 Å². The van der Waals surface area contributed by atoms with Crippen molar-refractivity contribution in [1.82, 2.24) is 14.7 Å². The summed E-state index contributed by atoms with van der Waals surface area (Å²) in [6.45, 7) is 7.48. The van der Waals surface area contributed by atoms with E-state index in [1.54, 1.807) is 23.0 Å². The van der Waals surface area contributed by atoms with Gasteiger partial charge in [0.1, 0.15) is 0 Å². The maximum Gasteiger partial charge on any atom is 0.266 e. The van der Waals surface area contributed by atoms with Crippen LogP contribution < -0.4 is 5.56 Å². The van der Waals surface area contributed by atoms with Gasteiger partial charge in [0, 0.05) is 24.8 Å². The first kappa shape index (κ1) is 12.3. The Bertz CT molecular complexity index is 413. The van der Waals surface area contributed by atoms with Crippen LogP contribution in [0.2, 0.25) is 0 Å². The van der Waals surface area contributed by atoms with Crippen LogP contribution in [0.25, 0.3) is 0 Å². The van der Waals surface area contributed by atoms with Gasteiger partial charge in [-0.3, -0.25) is 9.69 Å². The number of aromatic nitrogens is 2. The van der Waals surface area contributed by atoms with Crippen LogP contribution in [0.5, 0.6) is 0 Å². The molecule has 4 heteroatoms. The van der Waals surface area contributed by atoms with Gasteiger partial charge in [-0.05, 0) is 31.4 Å². The maximum atomic E-state index is 11.6. The third-order valence-corrected chi connectivity index (χ3v) is 3.27. The summed E-state index contributed by atoms with van der Waals surface area (Å²) < 4.78 is 1.59. The Balaban J connectivity index is 2.03. The van der Waals surface area contributed by atoms with Gasteiger partial charge in [-0.15, -0.1) is 0 Å². The highest BCUT2D eigenvalue weighted by Gasteiger charge is 2.25. The Morgan fingerprint density at radius 3 is 3.06 bits per heavy atom. The fourth-order valence-electron chi connectivity index (χ4n) is 2.54. The second-order valence-corrected chi connectivity index (χ2v) is 5.23. The molecule has 0 spiro atoms. The molecular weight excluding hydrogens is 214 g/mol. The first-order valence-electron chi connectivity index (χ1n) is 6.43. The molecule has 0 radical (unpaired) electrons. The topological polar surface area (TPSA) is 38.1 Å². The molecule has 1 aliphatic heterocycles. The van der Waals surface area contributed by atoms with Crippen LogP contribution in [0.15, 0.2) is 23.1 Å². The summed E-state index contributed by atoms with van der Waals surface area (Å²) in [4.78, 5) is 14.1. The maximum absolute atomic E-state index is 11.6. The van der Waals surface area contributed by atoms with Gasteiger partial charge in [0.05, 0.1) is 6.54 Å². The Hall–Kier alpha value is -1.16. The Morgan fingerprint density at radius 1 is 1.53 bits per heavy atom. The van der Waals surface area contributed by atoms with E-state index in [9.17, 15) is 4.79 Å². The zero-order valence-corrected chi connectivity index (χ0v) is 10.7. The van der Waals surface area contributed by atoms with Crippen molar-refractivity contribution in [3.8, 4) is 0 Å². The van der Waals surface area contributed by atoms with E-state index in [2.05, 4.69) is 23.8 Å². The summed E-state index contributed by atoms with van der Waals surface area (Å²) in [5, 5.41) is 4.13. The van der Waals surface area contributed by atoms with Gasteiger partial charge in [0.15, 0.2) is 0 Å². The third-order valence-electron chi connectivity index (χ3n) is 3.27. The van der Waals surface area contributed by atoms with Gasteiger partial charge >= 0.3 is 0 Å². The SMILES string of the molecule is CC(C)CN1CCCC1Cn1ncccc1=O. The van der Waals surface area contributed by atoms with E-state index in [1.165, 1.54) is 12.8 Å². The van der Waals surface area contributed by atoms with E-state index in [1.807, 2.05) is 0 Å². The quantitative estimate of drug-likeness (QED) is 0.791. The summed E-state index contributed by atoms with van der Waals surface area (Å²) in [6.07, 6.45) is 4.10. The fourth-order valence-corrected chi connectivity index (χ4v) is 2.54. The fraction of sp³-hybridized carbons (Fsp3) is 0.692. The Labute approximate surface area is 102 Å². The van der Waals surface area contributed by atoms with Crippen LogP contribution in [0.4, 0.5) is 0 Å². The van der Waals surface area contributed by atoms with E-state index >= 15 is 0 Å². The van der Waals surface area contributed by atoms with E-state index in [0.29, 0.717) is 12.0 Å². The van der Waals surface area contributed by atoms with Crippen LogP contribution in [0.1, 0.15) is 26.7 Å². The zero-order chi connectivity index (χ0) is 12.3. The van der Waals surface area contributed by atoms with Crippen LogP contribution in [-0.4, -0.2) is 33.8 Å². The largest absolute Gasteiger partial charge is 0.298 e. The third kappa shape index (κ3) is 3.16. The lowest BCUT2D eigenvalue weighted by atomic mass is 10.1. The number of rotatable bonds is 4. The summed E-state index contributed by atoms with van der Waals surface area (Å²) >= 11 is 0. The van der Waals surface area contributed by atoms with Crippen LogP contribution in [-0.2, 0) is 6.54 Å². The molecule has 2 heterocycles. The van der Waals surface area contributed by atoms with Gasteiger partial charge in [-0.25, -0.2) is 4.68 Å². The molecule has 1 atom stereocenters. The average Bonchev–Trinajstić information content (AvgIpc) is 2.68. The van der Waals surface area contributed by atoms with Crippen LogP contribution in [0, 0.1) is 5.92 Å². The highest BCUT2D eigenvalue weighted by molar-refractivity contribution is 4.87.